The van der Waals surface area contributed by atoms with Crippen LogP contribution in [0.3, 0.4) is 0 Å². The number of halogens is 1. The minimum absolute atomic E-state index is 0.182. The molecule has 146 valence electrons. The predicted molar refractivity (Wildman–Crippen MR) is 115 cm³/mol. The van der Waals surface area contributed by atoms with Crippen LogP contribution in [0.15, 0.2) is 65.3 Å². The van der Waals surface area contributed by atoms with Crippen molar-refractivity contribution in [2.75, 3.05) is 18.2 Å². The van der Waals surface area contributed by atoms with Gasteiger partial charge in [0.25, 0.3) is 0 Å². The number of hydrogen-bond donors (Lipinski definition) is 1. The van der Waals surface area contributed by atoms with E-state index in [4.69, 9.17) is 4.74 Å². The van der Waals surface area contributed by atoms with Crippen LogP contribution in [0.2, 0.25) is 0 Å². The third-order valence-electron chi connectivity index (χ3n) is 4.20. The van der Waals surface area contributed by atoms with Gasteiger partial charge >= 0.3 is 0 Å². The van der Waals surface area contributed by atoms with E-state index < -0.39 is 0 Å². The maximum atomic E-state index is 13.0. The van der Waals surface area contributed by atoms with E-state index in [2.05, 4.69) is 15.3 Å². The second-order valence-electron chi connectivity index (χ2n) is 6.08. The molecule has 29 heavy (non-hydrogen) atoms. The molecule has 4 rings (SSSR count). The summed E-state index contributed by atoms with van der Waals surface area (Å²) in [4.78, 5) is 21.9. The number of thiophene rings is 1. The minimum Gasteiger partial charge on any atom is -0.497 e. The zero-order chi connectivity index (χ0) is 20.2. The molecular weight excluding hydrogens is 409 g/mol. The second kappa shape index (κ2) is 8.59. The zero-order valence-electron chi connectivity index (χ0n) is 15.4. The Bertz CT molecular complexity index is 1150. The lowest BCUT2D eigenvalue weighted by atomic mass is 10.1. The molecule has 0 saturated carbocycles. The molecule has 4 aromatic rings. The summed E-state index contributed by atoms with van der Waals surface area (Å²) in [6.45, 7) is 0. The third kappa shape index (κ3) is 4.38. The van der Waals surface area contributed by atoms with Gasteiger partial charge in [-0.2, -0.15) is 0 Å². The van der Waals surface area contributed by atoms with Gasteiger partial charge in [0.2, 0.25) is 5.91 Å². The Balaban J connectivity index is 1.54. The number of amides is 1. The number of methoxy groups -OCH3 is 1. The molecule has 0 aliphatic carbocycles. The van der Waals surface area contributed by atoms with E-state index in [0.29, 0.717) is 5.69 Å². The van der Waals surface area contributed by atoms with Gasteiger partial charge in [-0.15, -0.1) is 11.3 Å². The first-order valence-electron chi connectivity index (χ1n) is 8.69. The fraction of sp³-hybridized carbons (Fsp3) is 0.0952. The summed E-state index contributed by atoms with van der Waals surface area (Å²) in [6, 6.07) is 13.5. The number of hydrogen-bond acceptors (Lipinski definition) is 6. The van der Waals surface area contributed by atoms with Crippen LogP contribution in [-0.4, -0.2) is 28.7 Å². The molecule has 0 saturated heterocycles. The molecule has 2 aromatic heterocycles. The molecule has 0 aliphatic rings. The topological polar surface area (TPSA) is 64.1 Å². The molecule has 8 heteroatoms. The van der Waals surface area contributed by atoms with Crippen LogP contribution in [0.1, 0.15) is 0 Å². The van der Waals surface area contributed by atoms with E-state index in [1.54, 1.807) is 7.11 Å². The molecule has 0 aliphatic heterocycles. The van der Waals surface area contributed by atoms with Gasteiger partial charge in [0.05, 0.1) is 18.2 Å². The molecular formula is C21H16FN3O2S2. The lowest BCUT2D eigenvalue weighted by Crippen LogP contribution is -2.14. The molecule has 0 spiro atoms. The van der Waals surface area contributed by atoms with Crippen molar-refractivity contribution in [2.45, 2.75) is 5.03 Å². The van der Waals surface area contributed by atoms with Gasteiger partial charge in [-0.05, 0) is 42.0 Å². The maximum absolute atomic E-state index is 13.0. The molecule has 0 atom stereocenters. The summed E-state index contributed by atoms with van der Waals surface area (Å²) in [6.07, 6.45) is 1.51. The van der Waals surface area contributed by atoms with Crippen molar-refractivity contribution in [3.63, 3.8) is 0 Å². The number of benzene rings is 2. The molecule has 2 heterocycles. The minimum atomic E-state index is -0.343. The Morgan fingerprint density at radius 1 is 1.14 bits per heavy atom. The van der Waals surface area contributed by atoms with Crippen LogP contribution in [0.25, 0.3) is 21.3 Å². The standard InChI is InChI=1S/C21H16FN3O2S2/c1-27-16-8-2-13(3-9-16)17-10-28-20-19(17)21(24-12-23-20)29-11-18(26)25-15-6-4-14(22)5-7-15/h2-10,12H,11H2,1H3,(H,25,26). The van der Waals surface area contributed by atoms with Gasteiger partial charge in [0, 0.05) is 16.6 Å². The van der Waals surface area contributed by atoms with Crippen molar-refractivity contribution in [2.24, 2.45) is 0 Å². The molecule has 1 N–H and O–H groups in total. The number of carbonyl (C=O) groups is 1. The van der Waals surface area contributed by atoms with Gasteiger partial charge in [-0.25, -0.2) is 14.4 Å². The van der Waals surface area contributed by atoms with Crippen LogP contribution in [0, 0.1) is 5.82 Å². The van der Waals surface area contributed by atoms with Crippen LogP contribution >= 0.6 is 23.1 Å². The highest BCUT2D eigenvalue weighted by Gasteiger charge is 2.15. The third-order valence-corrected chi connectivity index (χ3v) is 6.08. The summed E-state index contributed by atoms with van der Waals surface area (Å²) >= 11 is 2.89. The molecule has 5 nitrogen and oxygen atoms in total. The summed E-state index contributed by atoms with van der Waals surface area (Å²) in [5.74, 6) is 0.442. The van der Waals surface area contributed by atoms with Crippen molar-refractivity contribution >= 4 is 44.9 Å². The van der Waals surface area contributed by atoms with E-state index in [0.717, 1.165) is 32.1 Å². The fourth-order valence-corrected chi connectivity index (χ4v) is 4.60. The van der Waals surface area contributed by atoms with Crippen LogP contribution in [0.4, 0.5) is 10.1 Å². The largest absolute Gasteiger partial charge is 0.497 e. The number of rotatable bonds is 6. The molecule has 2 aromatic carbocycles. The number of aromatic nitrogens is 2. The van der Waals surface area contributed by atoms with Crippen molar-refractivity contribution in [3.8, 4) is 16.9 Å². The number of anilines is 1. The SMILES string of the molecule is COc1ccc(-c2csc3ncnc(SCC(=O)Nc4ccc(F)cc4)c23)cc1. The lowest BCUT2D eigenvalue weighted by Gasteiger charge is -2.07. The summed E-state index contributed by atoms with van der Waals surface area (Å²) in [5.41, 5.74) is 2.61. The Morgan fingerprint density at radius 2 is 1.90 bits per heavy atom. The Labute approximate surface area is 175 Å². The average Bonchev–Trinajstić information content (AvgIpc) is 3.19. The van der Waals surface area contributed by atoms with Gasteiger partial charge in [0.15, 0.2) is 0 Å². The van der Waals surface area contributed by atoms with E-state index in [-0.39, 0.29) is 17.5 Å². The summed E-state index contributed by atoms with van der Waals surface area (Å²) < 4.78 is 18.2. The lowest BCUT2D eigenvalue weighted by molar-refractivity contribution is -0.113. The second-order valence-corrected chi connectivity index (χ2v) is 7.90. The Hall–Kier alpha value is -2.97. The number of thioether (sulfide) groups is 1. The quantitative estimate of drug-likeness (QED) is 0.338. The highest BCUT2D eigenvalue weighted by atomic mass is 32.2. The van der Waals surface area contributed by atoms with Crippen LogP contribution in [-0.2, 0) is 4.79 Å². The number of nitrogens with one attached hydrogen (secondary N) is 1. The highest BCUT2D eigenvalue weighted by molar-refractivity contribution is 8.00. The van der Waals surface area contributed by atoms with Crippen LogP contribution in [0.5, 0.6) is 5.75 Å². The van der Waals surface area contributed by atoms with Gasteiger partial charge < -0.3 is 10.1 Å². The number of nitrogens with zero attached hydrogens (tertiary/aromatic N) is 2. The van der Waals surface area contributed by atoms with Gasteiger partial charge in [-0.1, -0.05) is 23.9 Å². The van der Waals surface area contributed by atoms with Crippen LogP contribution < -0.4 is 10.1 Å². The number of fused-ring (bicyclic) bond motifs is 1. The van der Waals surface area contributed by atoms with E-state index >= 15 is 0 Å². The van der Waals surface area contributed by atoms with Crippen molar-refractivity contribution in [1.29, 1.82) is 0 Å². The van der Waals surface area contributed by atoms with Crippen molar-refractivity contribution in [1.82, 2.24) is 9.97 Å². The zero-order valence-corrected chi connectivity index (χ0v) is 17.0. The predicted octanol–water partition coefficient (Wildman–Crippen LogP) is 5.24. The number of ether oxygens (including phenoxy) is 1. The first-order chi connectivity index (χ1) is 14.1. The first kappa shape index (κ1) is 19.4. The molecule has 0 unspecified atom stereocenters. The summed E-state index contributed by atoms with van der Waals surface area (Å²) in [7, 11) is 1.63. The van der Waals surface area contributed by atoms with E-state index in [1.807, 2.05) is 29.6 Å². The average molecular weight is 426 g/mol. The summed E-state index contributed by atoms with van der Waals surface area (Å²) in [5, 5.41) is 6.48. The molecule has 1 amide bonds. The Morgan fingerprint density at radius 3 is 2.62 bits per heavy atom. The maximum Gasteiger partial charge on any atom is 0.234 e. The van der Waals surface area contributed by atoms with Crippen molar-refractivity contribution in [3.05, 3.63) is 66.1 Å². The highest BCUT2D eigenvalue weighted by Crippen LogP contribution is 2.38. The monoisotopic (exact) mass is 425 g/mol. The van der Waals surface area contributed by atoms with E-state index in [1.165, 1.54) is 53.7 Å². The first-order valence-corrected chi connectivity index (χ1v) is 10.6. The molecule has 0 fully saturated rings. The fourth-order valence-electron chi connectivity index (χ4n) is 2.80. The number of carbonyl (C=O) groups excluding carboxylic acids is 1. The van der Waals surface area contributed by atoms with E-state index in [9.17, 15) is 9.18 Å². The van der Waals surface area contributed by atoms with Gasteiger partial charge in [0.1, 0.15) is 27.8 Å². The normalized spacial score (nSPS) is 10.8. The Kier molecular flexibility index (Phi) is 5.73. The molecule has 0 bridgehead atoms. The smallest absolute Gasteiger partial charge is 0.234 e. The van der Waals surface area contributed by atoms with Crippen molar-refractivity contribution < 1.29 is 13.9 Å². The molecule has 0 radical (unpaired) electrons. The van der Waals surface area contributed by atoms with Gasteiger partial charge in [-0.3, -0.25) is 4.79 Å².